The van der Waals surface area contributed by atoms with E-state index in [2.05, 4.69) is 31.4 Å². The fourth-order valence-electron chi connectivity index (χ4n) is 4.04. The molecule has 5 atom stereocenters. The van der Waals surface area contributed by atoms with Gasteiger partial charge in [0.05, 0.1) is 0 Å². The third kappa shape index (κ3) is 3.71. The van der Waals surface area contributed by atoms with E-state index in [0.717, 1.165) is 23.9 Å². The molecule has 1 saturated carbocycles. The lowest BCUT2D eigenvalue weighted by molar-refractivity contribution is 0.292. The van der Waals surface area contributed by atoms with Gasteiger partial charge in [-0.1, -0.05) is 26.7 Å². The van der Waals surface area contributed by atoms with Crippen molar-refractivity contribution in [1.29, 1.82) is 0 Å². The first kappa shape index (κ1) is 14.3. The molecule has 0 radical (unpaired) electrons. The molecule has 106 valence electrons. The molecule has 1 heterocycles. The molecule has 2 rings (SSSR count). The van der Waals surface area contributed by atoms with Crippen molar-refractivity contribution in [2.45, 2.75) is 83.8 Å². The number of hydrogen-bond donors (Lipinski definition) is 2. The first-order valence-corrected chi connectivity index (χ1v) is 8.20. The normalized spacial score (nSPS) is 38.8. The average molecular weight is 252 g/mol. The lowest BCUT2D eigenvalue weighted by Crippen LogP contribution is -2.44. The predicted molar refractivity (Wildman–Crippen MR) is 78.8 cm³/mol. The van der Waals surface area contributed by atoms with Crippen LogP contribution < -0.4 is 10.6 Å². The SMILES string of the molecule is CCC1CCC(NC(C)CC2CCCCN2)C1C. The summed E-state index contributed by atoms with van der Waals surface area (Å²) in [4.78, 5) is 0. The Morgan fingerprint density at radius 1 is 1.22 bits per heavy atom. The van der Waals surface area contributed by atoms with Gasteiger partial charge in [0.25, 0.3) is 0 Å². The third-order valence-electron chi connectivity index (χ3n) is 5.30. The van der Waals surface area contributed by atoms with Gasteiger partial charge in [-0.15, -0.1) is 0 Å². The zero-order chi connectivity index (χ0) is 13.0. The van der Waals surface area contributed by atoms with E-state index in [0.29, 0.717) is 6.04 Å². The van der Waals surface area contributed by atoms with Gasteiger partial charge >= 0.3 is 0 Å². The van der Waals surface area contributed by atoms with Gasteiger partial charge in [0.2, 0.25) is 0 Å². The maximum atomic E-state index is 3.90. The Kier molecular flexibility index (Phi) is 5.50. The molecular formula is C16H32N2. The predicted octanol–water partition coefficient (Wildman–Crippen LogP) is 3.32. The minimum Gasteiger partial charge on any atom is -0.314 e. The van der Waals surface area contributed by atoms with Gasteiger partial charge in [0.15, 0.2) is 0 Å². The van der Waals surface area contributed by atoms with E-state index in [1.165, 1.54) is 51.5 Å². The Morgan fingerprint density at radius 3 is 2.67 bits per heavy atom. The van der Waals surface area contributed by atoms with E-state index in [1.807, 2.05) is 0 Å². The van der Waals surface area contributed by atoms with Crippen molar-refractivity contribution >= 4 is 0 Å². The summed E-state index contributed by atoms with van der Waals surface area (Å²) in [5, 5.41) is 7.57. The molecule has 5 unspecified atom stereocenters. The lowest BCUT2D eigenvalue weighted by atomic mass is 9.92. The summed E-state index contributed by atoms with van der Waals surface area (Å²) in [7, 11) is 0. The summed E-state index contributed by atoms with van der Waals surface area (Å²) in [5.41, 5.74) is 0. The van der Waals surface area contributed by atoms with E-state index in [9.17, 15) is 0 Å². The largest absolute Gasteiger partial charge is 0.314 e. The minimum absolute atomic E-state index is 0.670. The molecular weight excluding hydrogens is 220 g/mol. The van der Waals surface area contributed by atoms with Crippen LogP contribution in [-0.2, 0) is 0 Å². The fourth-order valence-corrected chi connectivity index (χ4v) is 4.04. The summed E-state index contributed by atoms with van der Waals surface area (Å²) in [6.07, 6.45) is 9.66. The maximum Gasteiger partial charge on any atom is 0.00979 e. The van der Waals surface area contributed by atoms with Gasteiger partial charge in [0, 0.05) is 18.1 Å². The molecule has 2 aliphatic rings. The zero-order valence-corrected chi connectivity index (χ0v) is 12.5. The van der Waals surface area contributed by atoms with Crippen LogP contribution in [0.15, 0.2) is 0 Å². The highest BCUT2D eigenvalue weighted by molar-refractivity contribution is 4.88. The van der Waals surface area contributed by atoms with E-state index < -0.39 is 0 Å². The molecule has 2 heteroatoms. The van der Waals surface area contributed by atoms with Gasteiger partial charge in [-0.2, -0.15) is 0 Å². The fraction of sp³-hybridized carbons (Fsp3) is 1.00. The highest BCUT2D eigenvalue weighted by atomic mass is 15.0. The smallest absolute Gasteiger partial charge is 0.00979 e. The van der Waals surface area contributed by atoms with Crippen molar-refractivity contribution in [3.8, 4) is 0 Å². The molecule has 1 aliphatic heterocycles. The van der Waals surface area contributed by atoms with E-state index in [1.54, 1.807) is 0 Å². The van der Waals surface area contributed by atoms with Crippen molar-refractivity contribution in [3.05, 3.63) is 0 Å². The van der Waals surface area contributed by atoms with Crippen LogP contribution in [0.1, 0.15) is 65.7 Å². The Morgan fingerprint density at radius 2 is 2.06 bits per heavy atom. The van der Waals surface area contributed by atoms with E-state index in [-0.39, 0.29) is 0 Å². The second-order valence-electron chi connectivity index (χ2n) is 6.66. The third-order valence-corrected chi connectivity index (χ3v) is 5.30. The summed E-state index contributed by atoms with van der Waals surface area (Å²) in [6.45, 7) is 8.40. The zero-order valence-electron chi connectivity index (χ0n) is 12.5. The Balaban J connectivity index is 1.72. The van der Waals surface area contributed by atoms with Crippen LogP contribution in [0.4, 0.5) is 0 Å². The van der Waals surface area contributed by atoms with Crippen LogP contribution in [0, 0.1) is 11.8 Å². The molecule has 0 aromatic heterocycles. The molecule has 1 aliphatic carbocycles. The quantitative estimate of drug-likeness (QED) is 0.784. The molecule has 0 bridgehead atoms. The maximum absolute atomic E-state index is 3.90. The Hall–Kier alpha value is -0.0800. The van der Waals surface area contributed by atoms with Crippen molar-refractivity contribution in [2.24, 2.45) is 11.8 Å². The van der Waals surface area contributed by atoms with Gasteiger partial charge in [-0.05, 0) is 57.4 Å². The molecule has 0 aromatic carbocycles. The van der Waals surface area contributed by atoms with E-state index >= 15 is 0 Å². The standard InChI is InChI=1S/C16H32N2/c1-4-14-8-9-16(13(14)3)18-12(2)11-15-7-5-6-10-17-15/h12-18H,4-11H2,1-3H3. The molecule has 0 aromatic rings. The van der Waals surface area contributed by atoms with Gasteiger partial charge in [-0.25, -0.2) is 0 Å². The molecule has 0 spiro atoms. The van der Waals surface area contributed by atoms with Crippen LogP contribution in [-0.4, -0.2) is 24.7 Å². The Labute approximate surface area is 113 Å². The number of nitrogens with one attached hydrogen (secondary N) is 2. The summed E-state index contributed by atoms with van der Waals surface area (Å²) in [6, 6.07) is 2.21. The highest BCUT2D eigenvalue weighted by Gasteiger charge is 2.32. The lowest BCUT2D eigenvalue weighted by Gasteiger charge is -2.30. The molecule has 2 nitrogen and oxygen atoms in total. The summed E-state index contributed by atoms with van der Waals surface area (Å²) >= 11 is 0. The van der Waals surface area contributed by atoms with Crippen LogP contribution in [0.2, 0.25) is 0 Å². The topological polar surface area (TPSA) is 24.1 Å². The number of rotatable bonds is 5. The van der Waals surface area contributed by atoms with Gasteiger partial charge < -0.3 is 10.6 Å². The molecule has 1 saturated heterocycles. The van der Waals surface area contributed by atoms with Crippen molar-refractivity contribution in [2.75, 3.05) is 6.54 Å². The highest BCUT2D eigenvalue weighted by Crippen LogP contribution is 2.34. The van der Waals surface area contributed by atoms with Crippen LogP contribution in [0.25, 0.3) is 0 Å². The van der Waals surface area contributed by atoms with Crippen molar-refractivity contribution in [3.63, 3.8) is 0 Å². The minimum atomic E-state index is 0.670. The first-order chi connectivity index (χ1) is 8.70. The van der Waals surface area contributed by atoms with Crippen molar-refractivity contribution in [1.82, 2.24) is 10.6 Å². The average Bonchev–Trinajstić information content (AvgIpc) is 2.71. The van der Waals surface area contributed by atoms with Crippen molar-refractivity contribution < 1.29 is 0 Å². The number of hydrogen-bond acceptors (Lipinski definition) is 2. The van der Waals surface area contributed by atoms with Gasteiger partial charge in [0.1, 0.15) is 0 Å². The molecule has 2 fully saturated rings. The van der Waals surface area contributed by atoms with Crippen LogP contribution in [0.5, 0.6) is 0 Å². The second-order valence-corrected chi connectivity index (χ2v) is 6.66. The molecule has 18 heavy (non-hydrogen) atoms. The molecule has 2 N–H and O–H groups in total. The first-order valence-electron chi connectivity index (χ1n) is 8.20. The second kappa shape index (κ2) is 6.91. The van der Waals surface area contributed by atoms with Crippen LogP contribution >= 0.6 is 0 Å². The van der Waals surface area contributed by atoms with Gasteiger partial charge in [-0.3, -0.25) is 0 Å². The van der Waals surface area contributed by atoms with Crippen LogP contribution in [0.3, 0.4) is 0 Å². The molecule has 0 amide bonds. The summed E-state index contributed by atoms with van der Waals surface area (Å²) < 4.78 is 0. The van der Waals surface area contributed by atoms with E-state index in [4.69, 9.17) is 0 Å². The Bertz CT molecular complexity index is 235. The summed E-state index contributed by atoms with van der Waals surface area (Å²) in [5.74, 6) is 1.83. The monoisotopic (exact) mass is 252 g/mol. The number of piperidine rings is 1.